The number of benzene rings is 1. The highest BCUT2D eigenvalue weighted by molar-refractivity contribution is 9.10. The molecule has 0 saturated heterocycles. The Kier molecular flexibility index (Phi) is 4.65. The van der Waals surface area contributed by atoms with Crippen molar-refractivity contribution in [1.82, 2.24) is 14.2 Å². The molecule has 26 heavy (non-hydrogen) atoms. The van der Waals surface area contributed by atoms with Crippen LogP contribution in [0.1, 0.15) is 43.5 Å². The van der Waals surface area contributed by atoms with Gasteiger partial charge in [0, 0.05) is 33.9 Å². The third-order valence-electron chi connectivity index (χ3n) is 4.61. The van der Waals surface area contributed by atoms with E-state index in [0.29, 0.717) is 16.7 Å². The van der Waals surface area contributed by atoms with E-state index < -0.39 is 0 Å². The van der Waals surface area contributed by atoms with Crippen molar-refractivity contribution in [3.8, 4) is 0 Å². The first-order valence-corrected chi connectivity index (χ1v) is 9.29. The molecule has 2 aromatic heterocycles. The molecule has 0 radical (unpaired) electrons. The Balaban J connectivity index is 2.26. The van der Waals surface area contributed by atoms with Crippen molar-refractivity contribution < 1.29 is 0 Å². The highest BCUT2D eigenvalue weighted by Crippen LogP contribution is 2.23. The normalized spacial score (nSPS) is 12.4. The lowest BCUT2D eigenvalue weighted by atomic mass is 9.95. The number of aromatic nitrogens is 3. The van der Waals surface area contributed by atoms with Gasteiger partial charge in [0.1, 0.15) is 5.82 Å². The molecule has 0 aliphatic rings. The molecule has 6 heteroatoms. The molecule has 0 aliphatic heterocycles. The lowest BCUT2D eigenvalue weighted by Crippen LogP contribution is -2.29. The summed E-state index contributed by atoms with van der Waals surface area (Å²) >= 11 is 3.43. The van der Waals surface area contributed by atoms with Crippen molar-refractivity contribution in [3.05, 3.63) is 61.9 Å². The smallest absolute Gasteiger partial charge is 0.282 e. The Hall–Kier alpha value is -2.21. The molecule has 0 spiro atoms. The van der Waals surface area contributed by atoms with Gasteiger partial charge in [-0.25, -0.2) is 4.98 Å². The van der Waals surface area contributed by atoms with Gasteiger partial charge in [-0.3, -0.25) is 4.79 Å². The van der Waals surface area contributed by atoms with Crippen LogP contribution in [0.25, 0.3) is 10.9 Å². The van der Waals surface area contributed by atoms with Gasteiger partial charge in [-0.1, -0.05) is 36.7 Å². The van der Waals surface area contributed by atoms with Gasteiger partial charge in [-0.15, -0.1) is 0 Å². The minimum Gasteiger partial charge on any atom is -0.352 e. The number of aryl methyl sites for hydroxylation is 1. The third kappa shape index (κ3) is 3.26. The van der Waals surface area contributed by atoms with Crippen LogP contribution in [0.3, 0.4) is 0 Å². The zero-order valence-corrected chi connectivity index (χ0v) is 17.5. The van der Waals surface area contributed by atoms with E-state index in [1.807, 2.05) is 53.8 Å². The maximum atomic E-state index is 13.1. The van der Waals surface area contributed by atoms with Gasteiger partial charge in [0.05, 0.1) is 17.1 Å². The summed E-state index contributed by atoms with van der Waals surface area (Å²) in [6.07, 6.45) is 1.74. The molecule has 0 fully saturated rings. The maximum absolute atomic E-state index is 13.1. The van der Waals surface area contributed by atoms with Crippen molar-refractivity contribution in [3.63, 3.8) is 0 Å². The zero-order chi connectivity index (χ0) is 19.2. The Morgan fingerprint density at radius 1 is 1.19 bits per heavy atom. The number of nitrogens with zero attached hydrogens (tertiary/aromatic N) is 4. The summed E-state index contributed by atoms with van der Waals surface area (Å²) in [4.78, 5) is 17.8. The van der Waals surface area contributed by atoms with E-state index in [2.05, 4.69) is 31.7 Å². The molecule has 0 N–H and O–H groups in total. The number of hydrogen-bond acceptors (Lipinski definition) is 3. The van der Waals surface area contributed by atoms with E-state index >= 15 is 0 Å². The van der Waals surface area contributed by atoms with E-state index in [9.17, 15) is 4.79 Å². The van der Waals surface area contributed by atoms with Crippen LogP contribution in [-0.4, -0.2) is 20.4 Å². The number of hydrogen-bond donors (Lipinski definition) is 0. The van der Waals surface area contributed by atoms with Crippen LogP contribution in [0.15, 0.2) is 38.6 Å². The van der Waals surface area contributed by atoms with Crippen molar-refractivity contribution in [2.75, 3.05) is 0 Å². The fourth-order valence-electron chi connectivity index (χ4n) is 2.88. The van der Waals surface area contributed by atoms with Gasteiger partial charge in [0.2, 0.25) is 0 Å². The first kappa shape index (κ1) is 18.6. The van der Waals surface area contributed by atoms with E-state index in [0.717, 1.165) is 21.4 Å². The van der Waals surface area contributed by atoms with Gasteiger partial charge >= 0.3 is 0 Å². The fourth-order valence-corrected chi connectivity index (χ4v) is 3.24. The molecule has 5 nitrogen and oxygen atoms in total. The van der Waals surface area contributed by atoms with Crippen LogP contribution in [0.2, 0.25) is 0 Å². The van der Waals surface area contributed by atoms with Gasteiger partial charge in [-0.2, -0.15) is 9.78 Å². The van der Waals surface area contributed by atoms with Gasteiger partial charge in [0.25, 0.3) is 5.56 Å². The molecule has 0 amide bonds. The average Bonchev–Trinajstić information content (AvgIpc) is 2.80. The molecule has 1 aromatic carbocycles. The van der Waals surface area contributed by atoms with Crippen LogP contribution in [-0.2, 0) is 12.5 Å². The van der Waals surface area contributed by atoms with Crippen LogP contribution in [0, 0.1) is 13.8 Å². The van der Waals surface area contributed by atoms with Crippen molar-refractivity contribution in [2.45, 2.75) is 40.0 Å². The predicted octanol–water partition coefficient (Wildman–Crippen LogP) is 4.29. The summed E-state index contributed by atoms with van der Waals surface area (Å²) in [6.45, 7) is 10.2. The highest BCUT2D eigenvalue weighted by Gasteiger charge is 2.23. The fraction of sp³-hybridized carbons (Fsp3) is 0.350. The molecule has 3 aromatic rings. The SMILES string of the molecule is Cc1cc(C=Nn2c(C(C)(C)C)nc3ccc(Br)cc3c2=O)c(C)n1C. The first-order chi connectivity index (χ1) is 12.1. The Bertz CT molecular complexity index is 1080. The quantitative estimate of drug-likeness (QED) is 0.587. The molecule has 0 unspecified atom stereocenters. The molecule has 136 valence electrons. The zero-order valence-electron chi connectivity index (χ0n) is 16.0. The summed E-state index contributed by atoms with van der Waals surface area (Å²) in [5.41, 5.74) is 3.44. The van der Waals surface area contributed by atoms with Gasteiger partial charge in [0.15, 0.2) is 0 Å². The van der Waals surface area contributed by atoms with E-state index in [-0.39, 0.29) is 11.0 Å². The highest BCUT2D eigenvalue weighted by atomic mass is 79.9. The Labute approximate surface area is 161 Å². The predicted molar refractivity (Wildman–Crippen MR) is 110 cm³/mol. The Morgan fingerprint density at radius 2 is 1.88 bits per heavy atom. The van der Waals surface area contributed by atoms with E-state index in [1.165, 1.54) is 4.68 Å². The minimum atomic E-state index is -0.320. The maximum Gasteiger partial charge on any atom is 0.282 e. The molecule has 0 aliphatic carbocycles. The second kappa shape index (κ2) is 6.50. The lowest BCUT2D eigenvalue weighted by Gasteiger charge is -2.20. The van der Waals surface area contributed by atoms with Gasteiger partial charge < -0.3 is 4.57 Å². The van der Waals surface area contributed by atoms with Gasteiger partial charge in [-0.05, 0) is 38.1 Å². The average molecular weight is 415 g/mol. The first-order valence-electron chi connectivity index (χ1n) is 8.49. The van der Waals surface area contributed by atoms with E-state index in [1.54, 1.807) is 12.3 Å². The van der Waals surface area contributed by atoms with Crippen molar-refractivity contribution in [2.24, 2.45) is 12.1 Å². The number of fused-ring (bicyclic) bond motifs is 1. The van der Waals surface area contributed by atoms with Crippen LogP contribution in [0.5, 0.6) is 0 Å². The number of rotatable bonds is 2. The lowest BCUT2D eigenvalue weighted by molar-refractivity contribution is 0.506. The molecular weight excluding hydrogens is 392 g/mol. The number of halogens is 1. The topological polar surface area (TPSA) is 52.2 Å². The summed E-state index contributed by atoms with van der Waals surface area (Å²) in [6, 6.07) is 7.60. The molecule has 0 bridgehead atoms. The second-order valence-corrected chi connectivity index (χ2v) is 8.51. The monoisotopic (exact) mass is 414 g/mol. The van der Waals surface area contributed by atoms with Crippen LogP contribution >= 0.6 is 15.9 Å². The second-order valence-electron chi connectivity index (χ2n) is 7.59. The molecule has 2 heterocycles. The van der Waals surface area contributed by atoms with Crippen LogP contribution < -0.4 is 5.56 Å². The molecule has 3 rings (SSSR count). The van der Waals surface area contributed by atoms with Crippen molar-refractivity contribution >= 4 is 33.0 Å². The standard InChI is InChI=1S/C20H23BrN4O/c1-12-9-14(13(2)24(12)6)11-22-25-18(26)16-10-15(21)7-8-17(16)23-19(25)20(3,4)5/h7-11H,1-6H3. The van der Waals surface area contributed by atoms with E-state index in [4.69, 9.17) is 4.98 Å². The molecule has 0 saturated carbocycles. The molecule has 0 atom stereocenters. The largest absolute Gasteiger partial charge is 0.352 e. The van der Waals surface area contributed by atoms with Crippen LogP contribution in [0.4, 0.5) is 0 Å². The molecular formula is C20H23BrN4O. The third-order valence-corrected chi connectivity index (χ3v) is 5.10. The minimum absolute atomic E-state index is 0.164. The summed E-state index contributed by atoms with van der Waals surface area (Å²) < 4.78 is 4.37. The summed E-state index contributed by atoms with van der Waals surface area (Å²) in [5.74, 6) is 0.638. The summed E-state index contributed by atoms with van der Waals surface area (Å²) in [5, 5.41) is 5.07. The Morgan fingerprint density at radius 3 is 2.46 bits per heavy atom. The summed E-state index contributed by atoms with van der Waals surface area (Å²) in [7, 11) is 2.02. The van der Waals surface area contributed by atoms with Crippen molar-refractivity contribution in [1.29, 1.82) is 0 Å².